The molecule has 4 unspecified atom stereocenters. The van der Waals surface area contributed by atoms with Gasteiger partial charge in [-0.1, -0.05) is 64.2 Å². The minimum atomic E-state index is -2.42. The number of Topliss-reactive ketones (excluding diaryl/α,β-unsaturated/α-hetero) is 3. The fraction of sp³-hybridized carbons (Fsp3) is 0.745. The molecule has 5 aliphatic rings. The molecule has 364 valence electrons. The summed E-state index contributed by atoms with van der Waals surface area (Å²) >= 11 is 0. The Morgan fingerprint density at radius 1 is 0.815 bits per heavy atom. The van der Waals surface area contributed by atoms with Gasteiger partial charge in [0.05, 0.1) is 24.4 Å². The van der Waals surface area contributed by atoms with Crippen molar-refractivity contribution >= 4 is 29.2 Å². The van der Waals surface area contributed by atoms with Crippen LogP contribution in [0.25, 0.3) is 0 Å². The lowest BCUT2D eigenvalue weighted by Crippen LogP contribution is -2.65. The molecule has 16 atom stereocenters. The Morgan fingerprint density at radius 3 is 2.22 bits per heavy atom. The zero-order valence-corrected chi connectivity index (χ0v) is 40.4. The Kier molecular flexibility index (Phi) is 19.1. The number of amides is 1. The summed E-state index contributed by atoms with van der Waals surface area (Å²) in [6.07, 6.45) is 12.4. The lowest BCUT2D eigenvalue weighted by molar-refractivity contribution is -0.266. The number of carbonyl (C=O) groups is 5. The molecule has 3 saturated heterocycles. The second-order valence-electron chi connectivity index (χ2n) is 19.7. The van der Waals surface area contributed by atoms with Crippen molar-refractivity contribution in [1.82, 2.24) is 4.90 Å². The Labute approximate surface area is 386 Å². The van der Waals surface area contributed by atoms with Crippen molar-refractivity contribution in [2.24, 2.45) is 41.4 Å². The van der Waals surface area contributed by atoms with E-state index in [0.717, 1.165) is 18.4 Å². The maximum atomic E-state index is 14.5. The molecule has 2 N–H and O–H groups in total. The molecule has 0 aromatic rings. The first kappa shape index (κ1) is 52.6. The number of piperidine rings is 1. The van der Waals surface area contributed by atoms with E-state index >= 15 is 0 Å². The first-order valence-corrected chi connectivity index (χ1v) is 23.9. The molecule has 65 heavy (non-hydrogen) atoms. The SMILES string of the molecule is COC1CC[C@@H](CC2[C@@H]3CC(=O)C(C)/C=C(\C)[C@@H](O)[C@@H](OC)C(=O)[C@H](C)CC(C)/C=C/C=C/C=C(\C)[C@@H](OC)C[C@@H]4CC[C@@H](C)[C@@](O)(O4)C(=O)C(=O)N4CCC[C@H]2[C@H]4C(=O)O3)C[C@H]1OC. The summed E-state index contributed by atoms with van der Waals surface area (Å²) in [4.78, 5) is 72.3. The third-order valence-corrected chi connectivity index (χ3v) is 15.2. The quantitative estimate of drug-likeness (QED) is 0.179. The van der Waals surface area contributed by atoms with Gasteiger partial charge in [-0.3, -0.25) is 19.2 Å². The number of allylic oxidation sites excluding steroid dienone is 6. The number of hydrogen-bond acceptors (Lipinski definition) is 13. The molecule has 6 bridgehead atoms. The molecule has 1 aliphatic carbocycles. The highest BCUT2D eigenvalue weighted by Crippen LogP contribution is 2.45. The molecule has 0 aromatic heterocycles. The number of ketones is 3. The first-order valence-electron chi connectivity index (χ1n) is 23.9. The van der Waals surface area contributed by atoms with Gasteiger partial charge in [0.2, 0.25) is 5.79 Å². The number of rotatable bonds is 6. The van der Waals surface area contributed by atoms with Crippen molar-refractivity contribution in [2.75, 3.05) is 35.0 Å². The number of aliphatic hydroxyl groups is 2. The second kappa shape index (κ2) is 23.6. The van der Waals surface area contributed by atoms with Gasteiger partial charge in [-0.05, 0) is 101 Å². The lowest BCUT2D eigenvalue weighted by atomic mass is 9.68. The van der Waals surface area contributed by atoms with Gasteiger partial charge in [0.1, 0.15) is 30.1 Å². The normalized spacial score (nSPS) is 42.7. The Balaban J connectivity index is 1.51. The fourth-order valence-corrected chi connectivity index (χ4v) is 11.2. The van der Waals surface area contributed by atoms with Crippen LogP contribution in [0.15, 0.2) is 47.6 Å². The van der Waals surface area contributed by atoms with E-state index in [0.29, 0.717) is 56.9 Å². The standard InChI is InChI=1S/C51H77NO13/c1-29-15-12-11-13-16-30(2)41(61-8)27-36-20-18-34(6)51(59,65-36)48(56)49(57)52-22-14-17-37-38(25-35-19-21-40(60-7)43(26-35)62-9)42(64-50(58)44(37)52)28-39(53)31(3)24-33(5)46(55)47(63-10)45(54)32(4)23-29/h11-13,15-16,24,29,31-32,34-38,40-44,46-47,55,59H,14,17-23,25-28H2,1-10H3/b13-11+,15-12+,30-16+,33-24+/t29?,31?,32-,34-,35+,36+,37-,38?,40?,41+,42+,43-,44+,46-,47+,51-/m1/s1. The maximum Gasteiger partial charge on any atom is 0.329 e. The van der Waals surface area contributed by atoms with Crippen LogP contribution in [0, 0.1) is 41.4 Å². The number of esters is 1. The van der Waals surface area contributed by atoms with Crippen molar-refractivity contribution in [2.45, 2.75) is 167 Å². The average molecular weight is 912 g/mol. The van der Waals surface area contributed by atoms with Crippen LogP contribution >= 0.6 is 0 Å². The van der Waals surface area contributed by atoms with Crippen molar-refractivity contribution in [3.05, 3.63) is 47.6 Å². The molecule has 5 rings (SSSR count). The smallest absolute Gasteiger partial charge is 0.329 e. The molecule has 4 heterocycles. The predicted octanol–water partition coefficient (Wildman–Crippen LogP) is 6.05. The topological polar surface area (TPSA) is 184 Å². The first-order chi connectivity index (χ1) is 30.9. The summed E-state index contributed by atoms with van der Waals surface area (Å²) in [5, 5.41) is 23.5. The van der Waals surface area contributed by atoms with Gasteiger partial charge in [-0.25, -0.2) is 4.79 Å². The number of carbonyl (C=O) groups excluding carboxylic acids is 5. The highest BCUT2D eigenvalue weighted by molar-refractivity contribution is 6.39. The van der Waals surface area contributed by atoms with Crippen LogP contribution in [0.2, 0.25) is 0 Å². The van der Waals surface area contributed by atoms with Gasteiger partial charge < -0.3 is 43.5 Å². The monoisotopic (exact) mass is 912 g/mol. The molecule has 1 saturated carbocycles. The van der Waals surface area contributed by atoms with E-state index in [9.17, 15) is 34.2 Å². The van der Waals surface area contributed by atoms with Crippen molar-refractivity contribution in [3.8, 4) is 0 Å². The fourth-order valence-electron chi connectivity index (χ4n) is 11.2. The highest BCUT2D eigenvalue weighted by Gasteiger charge is 2.57. The van der Waals surface area contributed by atoms with E-state index in [4.69, 9.17) is 28.4 Å². The zero-order chi connectivity index (χ0) is 47.7. The van der Waals surface area contributed by atoms with E-state index in [1.807, 2.05) is 51.2 Å². The largest absolute Gasteiger partial charge is 0.460 e. The highest BCUT2D eigenvalue weighted by atomic mass is 16.6. The molecule has 4 aliphatic heterocycles. The number of aliphatic hydroxyl groups excluding tert-OH is 1. The van der Waals surface area contributed by atoms with Crippen molar-refractivity contribution < 1.29 is 62.6 Å². The summed E-state index contributed by atoms with van der Waals surface area (Å²) in [6.45, 7) is 10.9. The van der Waals surface area contributed by atoms with Crippen LogP contribution in [0.1, 0.15) is 112 Å². The van der Waals surface area contributed by atoms with Crippen molar-refractivity contribution in [1.29, 1.82) is 0 Å². The predicted molar refractivity (Wildman–Crippen MR) is 243 cm³/mol. The van der Waals surface area contributed by atoms with Crippen LogP contribution in [-0.4, -0.2) is 134 Å². The number of ether oxygens (including phenoxy) is 6. The van der Waals surface area contributed by atoms with Crippen LogP contribution in [0.4, 0.5) is 0 Å². The Hall–Kier alpha value is -3.37. The maximum absolute atomic E-state index is 14.5. The second-order valence-corrected chi connectivity index (χ2v) is 19.7. The summed E-state index contributed by atoms with van der Waals surface area (Å²) < 4.78 is 35.4. The Bertz CT molecular complexity index is 1810. The van der Waals surface area contributed by atoms with E-state index < -0.39 is 83.7 Å². The van der Waals surface area contributed by atoms with Gasteiger partial charge in [0.15, 0.2) is 5.78 Å². The lowest BCUT2D eigenvalue weighted by Gasteiger charge is -2.50. The summed E-state index contributed by atoms with van der Waals surface area (Å²) in [6, 6.07) is -1.10. The van der Waals surface area contributed by atoms with Crippen LogP contribution < -0.4 is 0 Å². The molecule has 0 spiro atoms. The number of nitrogens with zero attached hydrogens (tertiary/aromatic N) is 1. The molecule has 1 amide bonds. The molecule has 4 fully saturated rings. The summed E-state index contributed by atoms with van der Waals surface area (Å²) in [5.74, 6) is -8.14. The molecule has 0 aromatic carbocycles. The van der Waals surface area contributed by atoms with E-state index in [1.54, 1.807) is 48.2 Å². The zero-order valence-electron chi connectivity index (χ0n) is 40.4. The number of hydrogen-bond donors (Lipinski definition) is 2. The Morgan fingerprint density at radius 2 is 1.54 bits per heavy atom. The van der Waals surface area contributed by atoms with Gasteiger partial charge in [-0.15, -0.1) is 0 Å². The third kappa shape index (κ3) is 12.4. The van der Waals surface area contributed by atoms with E-state index in [2.05, 4.69) is 0 Å². The molecular weight excluding hydrogens is 835 g/mol. The van der Waals surface area contributed by atoms with Crippen LogP contribution in [0.3, 0.4) is 0 Å². The molecule has 14 heteroatoms. The number of fused-ring (bicyclic) bond motifs is 3. The van der Waals surface area contributed by atoms with E-state index in [1.165, 1.54) is 12.0 Å². The van der Waals surface area contributed by atoms with Crippen LogP contribution in [-0.2, 0) is 52.4 Å². The van der Waals surface area contributed by atoms with Crippen molar-refractivity contribution in [3.63, 3.8) is 0 Å². The molecule has 0 radical (unpaired) electrons. The average Bonchev–Trinajstić information content (AvgIpc) is 3.29. The minimum Gasteiger partial charge on any atom is -0.460 e. The molecule has 14 nitrogen and oxygen atoms in total. The van der Waals surface area contributed by atoms with Gasteiger partial charge >= 0.3 is 5.97 Å². The minimum absolute atomic E-state index is 0.0284. The summed E-state index contributed by atoms with van der Waals surface area (Å²) in [5.41, 5.74) is 1.30. The third-order valence-electron chi connectivity index (χ3n) is 15.2. The van der Waals surface area contributed by atoms with Gasteiger partial charge in [-0.2, -0.15) is 0 Å². The van der Waals surface area contributed by atoms with Gasteiger partial charge in [0.25, 0.3) is 11.7 Å². The van der Waals surface area contributed by atoms with Crippen LogP contribution in [0.5, 0.6) is 0 Å². The summed E-state index contributed by atoms with van der Waals surface area (Å²) in [7, 11) is 6.31. The van der Waals surface area contributed by atoms with Gasteiger partial charge in [0, 0.05) is 71.5 Å². The van der Waals surface area contributed by atoms with E-state index in [-0.39, 0.29) is 54.5 Å². The molecular formula is C51H77NO13. The number of methoxy groups -OCH3 is 4.